The average Bonchev–Trinajstić information content (AvgIpc) is 3.61. The molecule has 184 valence electrons. The van der Waals surface area contributed by atoms with Crippen LogP contribution in [0.25, 0.3) is 0 Å². The molecule has 0 aromatic heterocycles. The third-order valence-corrected chi connectivity index (χ3v) is 7.92. The zero-order chi connectivity index (χ0) is 22.9. The monoisotopic (exact) mass is 577 g/mol. The smallest absolute Gasteiger partial charge is 0.233 e. The van der Waals surface area contributed by atoms with E-state index in [1.807, 2.05) is 0 Å². The lowest BCUT2D eigenvalue weighted by atomic mass is 9.85. The van der Waals surface area contributed by atoms with E-state index in [-0.39, 0.29) is 65.5 Å². The molecule has 0 spiro atoms. The molecular weight excluding hydrogens is 541 g/mol. The van der Waals surface area contributed by atoms with Gasteiger partial charge in [-0.15, -0.1) is 24.0 Å². The van der Waals surface area contributed by atoms with Crippen molar-refractivity contribution in [1.82, 2.24) is 20.4 Å². The van der Waals surface area contributed by atoms with Crippen molar-refractivity contribution in [3.63, 3.8) is 0 Å². The van der Waals surface area contributed by atoms with Crippen molar-refractivity contribution in [1.29, 1.82) is 0 Å². The van der Waals surface area contributed by atoms with Gasteiger partial charge in [0.15, 0.2) is 5.96 Å². The standard InChI is InChI=1S/C26H35N5O2.HI/c1-17-5-7-18(8-6-17)21(30-12-3-4-13-30)16-29-26(27-2)28-11-14-31-24(32)22-19-9-10-20(15-19)23(22)25(31)33;/h5-10,19-23H,3-4,11-16H2,1-2H3,(H2,27,28,29);1H. The molecule has 1 aromatic carbocycles. The van der Waals surface area contributed by atoms with Crippen LogP contribution >= 0.6 is 24.0 Å². The zero-order valence-corrected chi connectivity index (χ0v) is 22.4. The third kappa shape index (κ3) is 4.76. The summed E-state index contributed by atoms with van der Waals surface area (Å²) >= 11 is 0. The zero-order valence-electron chi connectivity index (χ0n) is 20.1. The second kappa shape index (κ2) is 10.8. The number of allylic oxidation sites excluding steroid dienone is 2. The fourth-order valence-electron chi connectivity index (χ4n) is 6.18. The highest BCUT2D eigenvalue weighted by molar-refractivity contribution is 14.0. The van der Waals surface area contributed by atoms with Crippen LogP contribution in [0.1, 0.15) is 36.4 Å². The lowest BCUT2D eigenvalue weighted by Gasteiger charge is -2.29. The third-order valence-electron chi connectivity index (χ3n) is 7.92. The van der Waals surface area contributed by atoms with E-state index in [9.17, 15) is 9.59 Å². The summed E-state index contributed by atoms with van der Waals surface area (Å²) in [6.45, 7) is 5.98. The van der Waals surface area contributed by atoms with Gasteiger partial charge in [-0.3, -0.25) is 24.4 Å². The Morgan fingerprint density at radius 2 is 1.65 bits per heavy atom. The summed E-state index contributed by atoms with van der Waals surface area (Å²) < 4.78 is 0. The average molecular weight is 578 g/mol. The number of aryl methyl sites for hydroxylation is 1. The van der Waals surface area contributed by atoms with Gasteiger partial charge in [-0.2, -0.15) is 0 Å². The van der Waals surface area contributed by atoms with E-state index in [0.29, 0.717) is 19.0 Å². The molecule has 2 amide bonds. The predicted octanol–water partition coefficient (Wildman–Crippen LogP) is 2.72. The summed E-state index contributed by atoms with van der Waals surface area (Å²) in [4.78, 5) is 34.1. The van der Waals surface area contributed by atoms with Gasteiger partial charge in [0.2, 0.25) is 11.8 Å². The van der Waals surface area contributed by atoms with E-state index in [1.54, 1.807) is 7.05 Å². The number of aliphatic imine (C=N–C) groups is 1. The van der Waals surface area contributed by atoms with Gasteiger partial charge in [0.25, 0.3) is 0 Å². The van der Waals surface area contributed by atoms with Crippen molar-refractivity contribution >= 4 is 41.8 Å². The van der Waals surface area contributed by atoms with Crippen LogP contribution in [0.2, 0.25) is 0 Å². The number of likely N-dealkylation sites (tertiary alicyclic amines) is 2. The van der Waals surface area contributed by atoms with Crippen LogP contribution in [0.15, 0.2) is 41.4 Å². The van der Waals surface area contributed by atoms with Crippen molar-refractivity contribution in [3.05, 3.63) is 47.5 Å². The molecule has 2 aliphatic heterocycles. The molecule has 5 unspecified atom stereocenters. The Morgan fingerprint density at radius 1 is 1.03 bits per heavy atom. The van der Waals surface area contributed by atoms with E-state index >= 15 is 0 Å². The largest absolute Gasteiger partial charge is 0.355 e. The minimum atomic E-state index is -0.124. The number of hydrogen-bond donors (Lipinski definition) is 2. The first-order valence-corrected chi connectivity index (χ1v) is 12.4. The van der Waals surface area contributed by atoms with Crippen LogP contribution in [0.4, 0.5) is 0 Å². The normalized spacial score (nSPS) is 28.9. The Bertz CT molecular complexity index is 926. The van der Waals surface area contributed by atoms with Crippen molar-refractivity contribution in [2.75, 3.05) is 39.8 Å². The molecule has 2 heterocycles. The van der Waals surface area contributed by atoms with E-state index in [4.69, 9.17) is 0 Å². The molecule has 8 heteroatoms. The Morgan fingerprint density at radius 3 is 2.24 bits per heavy atom. The highest BCUT2D eigenvalue weighted by Gasteiger charge is 2.58. The molecule has 5 rings (SSSR count). The number of nitrogens with one attached hydrogen (secondary N) is 2. The molecule has 4 aliphatic rings. The summed E-state index contributed by atoms with van der Waals surface area (Å²) in [5.41, 5.74) is 2.58. The molecule has 7 nitrogen and oxygen atoms in total. The number of halogens is 1. The number of benzene rings is 1. The van der Waals surface area contributed by atoms with E-state index in [0.717, 1.165) is 26.1 Å². The van der Waals surface area contributed by atoms with Crippen LogP contribution in [-0.2, 0) is 9.59 Å². The molecule has 2 aliphatic carbocycles. The Labute approximate surface area is 219 Å². The van der Waals surface area contributed by atoms with E-state index in [1.165, 1.54) is 28.9 Å². The quantitative estimate of drug-likeness (QED) is 0.172. The highest BCUT2D eigenvalue weighted by atomic mass is 127. The van der Waals surface area contributed by atoms with E-state index < -0.39 is 0 Å². The summed E-state index contributed by atoms with van der Waals surface area (Å²) in [6, 6.07) is 9.08. The summed E-state index contributed by atoms with van der Waals surface area (Å²) in [6.07, 6.45) is 7.72. The Hall–Kier alpha value is -1.94. The van der Waals surface area contributed by atoms with Gasteiger partial charge in [0.1, 0.15) is 0 Å². The Balaban J connectivity index is 0.00000274. The van der Waals surface area contributed by atoms with Crippen LogP contribution in [-0.4, -0.2) is 67.3 Å². The second-order valence-corrected chi connectivity index (χ2v) is 9.88. The summed E-state index contributed by atoms with van der Waals surface area (Å²) in [7, 11) is 1.76. The van der Waals surface area contributed by atoms with E-state index in [2.05, 4.69) is 63.9 Å². The first-order valence-electron chi connectivity index (χ1n) is 12.4. The maximum Gasteiger partial charge on any atom is 0.233 e. The predicted molar refractivity (Wildman–Crippen MR) is 144 cm³/mol. The Kier molecular flexibility index (Phi) is 7.97. The van der Waals surface area contributed by atoms with Gasteiger partial charge in [-0.05, 0) is 56.7 Å². The van der Waals surface area contributed by atoms with Gasteiger partial charge in [0.05, 0.1) is 17.9 Å². The van der Waals surface area contributed by atoms with Gasteiger partial charge >= 0.3 is 0 Å². The molecule has 1 aromatic rings. The van der Waals surface area contributed by atoms with Crippen molar-refractivity contribution in [2.45, 2.75) is 32.2 Å². The number of amides is 2. The van der Waals surface area contributed by atoms with Crippen LogP contribution < -0.4 is 10.6 Å². The molecule has 2 bridgehead atoms. The van der Waals surface area contributed by atoms with Crippen molar-refractivity contribution in [2.24, 2.45) is 28.7 Å². The molecule has 1 saturated carbocycles. The maximum absolute atomic E-state index is 12.9. The summed E-state index contributed by atoms with van der Waals surface area (Å²) in [5, 5.41) is 6.78. The highest BCUT2D eigenvalue weighted by Crippen LogP contribution is 2.52. The number of carbonyl (C=O) groups is 2. The lowest BCUT2D eigenvalue weighted by molar-refractivity contribution is -0.140. The molecule has 5 atom stereocenters. The molecule has 34 heavy (non-hydrogen) atoms. The summed E-state index contributed by atoms with van der Waals surface area (Å²) in [5.74, 6) is 0.995. The van der Waals surface area contributed by atoms with Gasteiger partial charge < -0.3 is 10.6 Å². The fraction of sp³-hybridized carbons (Fsp3) is 0.577. The van der Waals surface area contributed by atoms with Gasteiger partial charge in [0, 0.05) is 26.7 Å². The minimum Gasteiger partial charge on any atom is -0.355 e. The lowest BCUT2D eigenvalue weighted by Crippen LogP contribution is -2.46. The number of imide groups is 1. The van der Waals surface area contributed by atoms with Gasteiger partial charge in [-0.1, -0.05) is 42.0 Å². The number of carbonyl (C=O) groups excluding carboxylic acids is 2. The number of guanidine groups is 1. The van der Waals surface area contributed by atoms with Crippen molar-refractivity contribution in [3.8, 4) is 0 Å². The number of nitrogens with zero attached hydrogens (tertiary/aromatic N) is 3. The molecule has 2 N–H and O–H groups in total. The maximum atomic E-state index is 12.9. The second-order valence-electron chi connectivity index (χ2n) is 9.88. The van der Waals surface area contributed by atoms with Gasteiger partial charge in [-0.25, -0.2) is 0 Å². The van der Waals surface area contributed by atoms with Crippen LogP contribution in [0.5, 0.6) is 0 Å². The molecule has 0 radical (unpaired) electrons. The minimum absolute atomic E-state index is 0. The first-order chi connectivity index (χ1) is 16.1. The molecule has 3 fully saturated rings. The first kappa shape index (κ1) is 25.2. The molecule has 2 saturated heterocycles. The number of fused-ring (bicyclic) bond motifs is 5. The van der Waals surface area contributed by atoms with Crippen LogP contribution in [0, 0.1) is 30.6 Å². The topological polar surface area (TPSA) is 77.0 Å². The SMILES string of the molecule is CN=C(NCCN1C(=O)C2C3C=CC(C3)C2C1=O)NCC(c1ccc(C)cc1)N1CCCC1.I. The number of hydrogen-bond acceptors (Lipinski definition) is 4. The van der Waals surface area contributed by atoms with Crippen molar-refractivity contribution < 1.29 is 9.59 Å². The number of rotatable bonds is 7. The van der Waals surface area contributed by atoms with Crippen LogP contribution in [0.3, 0.4) is 0 Å². The molecular formula is C26H36IN5O2. The fourth-order valence-corrected chi connectivity index (χ4v) is 6.18.